The zero-order chi connectivity index (χ0) is 12.5. The van der Waals surface area contributed by atoms with Crippen LogP contribution in [0, 0.1) is 0 Å². The van der Waals surface area contributed by atoms with Crippen molar-refractivity contribution in [2.24, 2.45) is 7.05 Å². The molecule has 0 saturated carbocycles. The summed E-state index contributed by atoms with van der Waals surface area (Å²) < 4.78 is 6.79. The second-order valence-corrected chi connectivity index (χ2v) is 3.73. The molecular formula is C11H9N5O2. The van der Waals surface area contributed by atoms with Gasteiger partial charge in [0.25, 0.3) is 5.91 Å². The van der Waals surface area contributed by atoms with Gasteiger partial charge in [-0.25, -0.2) is 4.68 Å². The van der Waals surface area contributed by atoms with E-state index >= 15 is 0 Å². The van der Waals surface area contributed by atoms with Gasteiger partial charge in [-0.3, -0.25) is 10.1 Å². The molecule has 0 unspecified atom stereocenters. The molecule has 3 aromatic rings. The predicted molar refractivity (Wildman–Crippen MR) is 63.0 cm³/mol. The lowest BCUT2D eigenvalue weighted by Gasteiger charge is -1.98. The largest absolute Gasteiger partial charge is 0.451 e. The minimum Gasteiger partial charge on any atom is -0.451 e. The molecule has 7 heteroatoms. The van der Waals surface area contributed by atoms with Crippen molar-refractivity contribution in [1.82, 2.24) is 20.2 Å². The summed E-state index contributed by atoms with van der Waals surface area (Å²) in [4.78, 5) is 11.9. The zero-order valence-electron chi connectivity index (χ0n) is 9.49. The summed E-state index contributed by atoms with van der Waals surface area (Å²) in [6.07, 6.45) is 0. The van der Waals surface area contributed by atoms with E-state index < -0.39 is 0 Å². The third-order valence-corrected chi connectivity index (χ3v) is 2.49. The molecule has 0 fully saturated rings. The molecule has 0 aliphatic heterocycles. The van der Waals surface area contributed by atoms with Crippen LogP contribution < -0.4 is 5.32 Å². The molecule has 1 amide bonds. The van der Waals surface area contributed by atoms with Gasteiger partial charge in [0.05, 0.1) is 0 Å². The maximum atomic E-state index is 11.9. The molecule has 0 aliphatic carbocycles. The quantitative estimate of drug-likeness (QED) is 0.731. The molecule has 0 radical (unpaired) electrons. The van der Waals surface area contributed by atoms with Crippen molar-refractivity contribution in [3.8, 4) is 0 Å². The molecule has 1 N–H and O–H groups in total. The van der Waals surface area contributed by atoms with Gasteiger partial charge in [-0.15, -0.1) is 0 Å². The summed E-state index contributed by atoms with van der Waals surface area (Å²) in [6.45, 7) is 0. The SMILES string of the molecule is Cn1nnnc1NC(=O)c1cc2ccccc2o1. The number of aryl methyl sites for hydroxylation is 1. The second kappa shape index (κ2) is 3.95. The van der Waals surface area contributed by atoms with Crippen molar-refractivity contribution >= 4 is 22.8 Å². The van der Waals surface area contributed by atoms with Crippen molar-refractivity contribution < 1.29 is 9.21 Å². The van der Waals surface area contributed by atoms with E-state index in [2.05, 4.69) is 20.8 Å². The van der Waals surface area contributed by atoms with Crippen molar-refractivity contribution in [2.75, 3.05) is 5.32 Å². The highest BCUT2D eigenvalue weighted by atomic mass is 16.3. The van der Waals surface area contributed by atoms with Crippen LogP contribution in [-0.4, -0.2) is 26.1 Å². The Bertz CT molecular complexity index is 682. The fourth-order valence-electron chi connectivity index (χ4n) is 1.59. The number of fused-ring (bicyclic) bond motifs is 1. The first-order valence-electron chi connectivity index (χ1n) is 5.26. The maximum absolute atomic E-state index is 11.9. The van der Waals surface area contributed by atoms with Crippen LogP contribution in [0.15, 0.2) is 34.7 Å². The van der Waals surface area contributed by atoms with E-state index in [0.717, 1.165) is 5.39 Å². The van der Waals surface area contributed by atoms with E-state index in [1.165, 1.54) is 4.68 Å². The lowest BCUT2D eigenvalue weighted by molar-refractivity contribution is 0.0997. The minimum absolute atomic E-state index is 0.221. The molecule has 2 aromatic heterocycles. The number of amides is 1. The number of rotatable bonds is 2. The van der Waals surface area contributed by atoms with Gasteiger partial charge in [-0.2, -0.15) is 0 Å². The lowest BCUT2D eigenvalue weighted by Crippen LogP contribution is -2.14. The number of carbonyl (C=O) groups is 1. The van der Waals surface area contributed by atoms with Gasteiger partial charge in [0.1, 0.15) is 5.58 Å². The molecule has 3 rings (SSSR count). The average Bonchev–Trinajstić information content (AvgIpc) is 2.96. The van der Waals surface area contributed by atoms with Crippen molar-refractivity contribution in [3.05, 3.63) is 36.1 Å². The van der Waals surface area contributed by atoms with Crippen LogP contribution in [0.5, 0.6) is 0 Å². The summed E-state index contributed by atoms with van der Waals surface area (Å²) >= 11 is 0. The molecular weight excluding hydrogens is 234 g/mol. The molecule has 0 bridgehead atoms. The highest BCUT2D eigenvalue weighted by molar-refractivity contribution is 6.03. The zero-order valence-corrected chi connectivity index (χ0v) is 9.49. The Morgan fingerprint density at radius 3 is 2.94 bits per heavy atom. The van der Waals surface area contributed by atoms with Crippen LogP contribution in [-0.2, 0) is 7.05 Å². The summed E-state index contributed by atoms with van der Waals surface area (Å²) in [5.41, 5.74) is 0.666. The van der Waals surface area contributed by atoms with Gasteiger partial charge in [0.15, 0.2) is 5.76 Å². The topological polar surface area (TPSA) is 85.8 Å². The van der Waals surface area contributed by atoms with Crippen LogP contribution in [0.3, 0.4) is 0 Å². The molecule has 0 spiro atoms. The lowest BCUT2D eigenvalue weighted by atomic mass is 10.2. The van der Waals surface area contributed by atoms with Gasteiger partial charge < -0.3 is 4.42 Å². The van der Waals surface area contributed by atoms with Gasteiger partial charge in [-0.05, 0) is 22.6 Å². The van der Waals surface area contributed by atoms with Crippen LogP contribution in [0.1, 0.15) is 10.6 Å². The van der Waals surface area contributed by atoms with E-state index in [1.54, 1.807) is 19.2 Å². The monoisotopic (exact) mass is 243 g/mol. The molecule has 1 aromatic carbocycles. The van der Waals surface area contributed by atoms with E-state index in [4.69, 9.17) is 4.42 Å². The number of nitrogens with zero attached hydrogens (tertiary/aromatic N) is 4. The van der Waals surface area contributed by atoms with Gasteiger partial charge in [0, 0.05) is 12.4 Å². The van der Waals surface area contributed by atoms with Crippen molar-refractivity contribution in [2.45, 2.75) is 0 Å². The molecule has 7 nitrogen and oxygen atoms in total. The van der Waals surface area contributed by atoms with Gasteiger partial charge >= 0.3 is 0 Å². The van der Waals surface area contributed by atoms with Crippen LogP contribution in [0.25, 0.3) is 11.0 Å². The fourth-order valence-corrected chi connectivity index (χ4v) is 1.59. The number of hydrogen-bond donors (Lipinski definition) is 1. The molecule has 0 saturated heterocycles. The Labute approximate surface area is 101 Å². The summed E-state index contributed by atoms with van der Waals surface area (Å²) in [6, 6.07) is 9.08. The number of benzene rings is 1. The van der Waals surface area contributed by atoms with E-state index in [1.807, 2.05) is 18.2 Å². The van der Waals surface area contributed by atoms with Gasteiger partial charge in [0.2, 0.25) is 5.95 Å². The molecule has 90 valence electrons. The van der Waals surface area contributed by atoms with E-state index in [0.29, 0.717) is 5.58 Å². The highest BCUT2D eigenvalue weighted by Crippen LogP contribution is 2.19. The Morgan fingerprint density at radius 1 is 1.39 bits per heavy atom. The normalized spacial score (nSPS) is 10.7. The smallest absolute Gasteiger partial charge is 0.293 e. The standard InChI is InChI=1S/C11H9N5O2/c1-16-11(13-14-15-16)12-10(17)9-6-7-4-2-3-5-8(7)18-9/h2-6H,1H3,(H,12,13,15,17). The number of tetrazole rings is 1. The average molecular weight is 243 g/mol. The highest BCUT2D eigenvalue weighted by Gasteiger charge is 2.14. The minimum atomic E-state index is -0.385. The molecule has 0 atom stereocenters. The second-order valence-electron chi connectivity index (χ2n) is 3.73. The Kier molecular flexibility index (Phi) is 2.30. The number of nitrogens with one attached hydrogen (secondary N) is 1. The number of anilines is 1. The first kappa shape index (κ1) is 10.5. The Morgan fingerprint density at radius 2 is 2.22 bits per heavy atom. The summed E-state index contributed by atoms with van der Waals surface area (Å²) in [5.74, 6) is 0.101. The predicted octanol–water partition coefficient (Wildman–Crippen LogP) is 1.21. The van der Waals surface area contributed by atoms with Crippen molar-refractivity contribution in [3.63, 3.8) is 0 Å². The van der Waals surface area contributed by atoms with Crippen LogP contribution in [0.4, 0.5) is 5.95 Å². The van der Waals surface area contributed by atoms with Gasteiger partial charge in [-0.1, -0.05) is 23.3 Å². The number of hydrogen-bond acceptors (Lipinski definition) is 5. The van der Waals surface area contributed by atoms with E-state index in [-0.39, 0.29) is 17.6 Å². The summed E-state index contributed by atoms with van der Waals surface area (Å²) in [7, 11) is 1.63. The van der Waals surface area contributed by atoms with Crippen LogP contribution >= 0.6 is 0 Å². The third kappa shape index (κ3) is 1.71. The summed E-state index contributed by atoms with van der Waals surface area (Å²) in [5, 5.41) is 14.1. The molecule has 2 heterocycles. The van der Waals surface area contributed by atoms with E-state index in [9.17, 15) is 4.79 Å². The van der Waals surface area contributed by atoms with Crippen molar-refractivity contribution in [1.29, 1.82) is 0 Å². The first-order chi connectivity index (χ1) is 8.74. The number of aromatic nitrogens is 4. The molecule has 0 aliphatic rings. The maximum Gasteiger partial charge on any atom is 0.293 e. The first-order valence-corrected chi connectivity index (χ1v) is 5.26. The Hall–Kier alpha value is -2.70. The Balaban J connectivity index is 1.90. The number of para-hydroxylation sites is 1. The third-order valence-electron chi connectivity index (χ3n) is 2.49. The van der Waals surface area contributed by atoms with Crippen LogP contribution in [0.2, 0.25) is 0 Å². The molecule has 18 heavy (non-hydrogen) atoms. The number of carbonyl (C=O) groups excluding carboxylic acids is 1. The fraction of sp³-hybridized carbons (Fsp3) is 0.0909. The number of furan rings is 1.